The van der Waals surface area contributed by atoms with E-state index in [9.17, 15) is 0 Å². The molecule has 0 aliphatic carbocycles. The lowest BCUT2D eigenvalue weighted by Gasteiger charge is -2.43. The molecule has 0 unspecified atom stereocenters. The van der Waals surface area contributed by atoms with Crippen molar-refractivity contribution < 1.29 is 0 Å². The van der Waals surface area contributed by atoms with Crippen molar-refractivity contribution in [3.63, 3.8) is 0 Å². The van der Waals surface area contributed by atoms with Crippen LogP contribution in [0.1, 0.15) is 13.8 Å². The van der Waals surface area contributed by atoms with Gasteiger partial charge < -0.3 is 4.90 Å². The van der Waals surface area contributed by atoms with Crippen LogP contribution < -0.4 is 0 Å². The highest BCUT2D eigenvalue weighted by Gasteiger charge is 2.27. The number of rotatable bonds is 3. The molecule has 1 saturated heterocycles. The SMILES string of the molecule is C[C](C)CN1CC(N(C)C)C1. The van der Waals surface area contributed by atoms with Crippen molar-refractivity contribution in [2.75, 3.05) is 33.7 Å². The van der Waals surface area contributed by atoms with Crippen molar-refractivity contribution in [2.45, 2.75) is 19.9 Å². The van der Waals surface area contributed by atoms with Crippen molar-refractivity contribution in [3.8, 4) is 0 Å². The van der Waals surface area contributed by atoms with Crippen LogP contribution in [0.15, 0.2) is 0 Å². The number of likely N-dealkylation sites (tertiary alicyclic amines) is 1. The molecule has 1 aliphatic rings. The van der Waals surface area contributed by atoms with E-state index in [1.165, 1.54) is 25.6 Å². The van der Waals surface area contributed by atoms with Gasteiger partial charge >= 0.3 is 0 Å². The molecule has 1 aliphatic heterocycles. The van der Waals surface area contributed by atoms with E-state index in [0.717, 1.165) is 6.04 Å². The van der Waals surface area contributed by atoms with Crippen LogP contribution in [0.4, 0.5) is 0 Å². The zero-order valence-electron chi connectivity index (χ0n) is 8.09. The fraction of sp³-hybridized carbons (Fsp3) is 0.889. The average molecular weight is 155 g/mol. The maximum atomic E-state index is 2.49. The van der Waals surface area contributed by atoms with E-state index in [4.69, 9.17) is 0 Å². The molecule has 0 N–H and O–H groups in total. The largest absolute Gasteiger partial charge is 0.304 e. The minimum Gasteiger partial charge on any atom is -0.304 e. The molecule has 0 aromatic rings. The normalized spacial score (nSPS) is 21.3. The molecule has 0 spiro atoms. The van der Waals surface area contributed by atoms with E-state index in [-0.39, 0.29) is 0 Å². The molecule has 0 aromatic carbocycles. The zero-order valence-corrected chi connectivity index (χ0v) is 8.09. The summed E-state index contributed by atoms with van der Waals surface area (Å²) in [6, 6.07) is 0.800. The molecule has 0 saturated carbocycles. The minimum absolute atomic E-state index is 0.800. The number of nitrogens with zero attached hydrogens (tertiary/aromatic N) is 2. The predicted octanol–water partition coefficient (Wildman–Crippen LogP) is 0.846. The number of hydrogen-bond acceptors (Lipinski definition) is 2. The summed E-state index contributed by atoms with van der Waals surface area (Å²) in [6.45, 7) is 8.08. The molecule has 11 heavy (non-hydrogen) atoms. The van der Waals surface area contributed by atoms with Crippen LogP contribution in [0, 0.1) is 5.92 Å². The van der Waals surface area contributed by atoms with Crippen LogP contribution in [0.5, 0.6) is 0 Å². The third-order valence-corrected chi connectivity index (χ3v) is 2.21. The average Bonchev–Trinajstić information content (AvgIpc) is 1.75. The second kappa shape index (κ2) is 3.55. The second-order valence-electron chi connectivity index (χ2n) is 4.02. The number of hydrogen-bond donors (Lipinski definition) is 0. The van der Waals surface area contributed by atoms with Crippen LogP contribution >= 0.6 is 0 Å². The predicted molar refractivity (Wildman–Crippen MR) is 48.5 cm³/mol. The summed E-state index contributed by atoms with van der Waals surface area (Å²) in [7, 11) is 4.31. The Labute approximate surface area is 70.2 Å². The third-order valence-electron chi connectivity index (χ3n) is 2.21. The molecular formula is C9H19N2. The van der Waals surface area contributed by atoms with Gasteiger partial charge in [0.15, 0.2) is 0 Å². The van der Waals surface area contributed by atoms with E-state index in [0.29, 0.717) is 0 Å². The van der Waals surface area contributed by atoms with Gasteiger partial charge in [0.1, 0.15) is 0 Å². The first kappa shape index (κ1) is 9.01. The Morgan fingerprint density at radius 1 is 1.36 bits per heavy atom. The molecule has 1 fully saturated rings. The van der Waals surface area contributed by atoms with Crippen LogP contribution in [-0.2, 0) is 0 Å². The van der Waals surface area contributed by atoms with Crippen LogP contribution in [0.25, 0.3) is 0 Å². The quantitative estimate of drug-likeness (QED) is 0.596. The molecular weight excluding hydrogens is 136 g/mol. The van der Waals surface area contributed by atoms with Gasteiger partial charge in [0, 0.05) is 25.7 Å². The molecule has 65 valence electrons. The first-order valence-electron chi connectivity index (χ1n) is 4.27. The molecule has 1 rings (SSSR count). The van der Waals surface area contributed by atoms with Gasteiger partial charge in [-0.25, -0.2) is 0 Å². The lowest BCUT2D eigenvalue weighted by atomic mass is 10.1. The van der Waals surface area contributed by atoms with Crippen molar-refractivity contribution in [1.29, 1.82) is 0 Å². The van der Waals surface area contributed by atoms with E-state index in [2.05, 4.69) is 37.7 Å². The topological polar surface area (TPSA) is 6.48 Å². The smallest absolute Gasteiger partial charge is 0.0344 e. The summed E-state index contributed by atoms with van der Waals surface area (Å²) in [6.07, 6.45) is 0. The fourth-order valence-corrected chi connectivity index (χ4v) is 1.45. The van der Waals surface area contributed by atoms with Crippen LogP contribution in [0.2, 0.25) is 0 Å². The molecule has 1 heterocycles. The van der Waals surface area contributed by atoms with Gasteiger partial charge in [0.2, 0.25) is 0 Å². The maximum absolute atomic E-state index is 2.49. The van der Waals surface area contributed by atoms with E-state index in [1.807, 2.05) is 0 Å². The van der Waals surface area contributed by atoms with Gasteiger partial charge in [-0.15, -0.1) is 0 Å². The highest BCUT2D eigenvalue weighted by Crippen LogP contribution is 2.14. The van der Waals surface area contributed by atoms with E-state index < -0.39 is 0 Å². The second-order valence-corrected chi connectivity index (χ2v) is 4.02. The highest BCUT2D eigenvalue weighted by atomic mass is 15.3. The van der Waals surface area contributed by atoms with Gasteiger partial charge in [-0.3, -0.25) is 4.90 Å². The highest BCUT2D eigenvalue weighted by molar-refractivity contribution is 4.91. The molecule has 0 bridgehead atoms. The van der Waals surface area contributed by atoms with Crippen molar-refractivity contribution in [2.24, 2.45) is 0 Å². The summed E-state index contributed by atoms with van der Waals surface area (Å²) in [5.41, 5.74) is 0. The molecule has 2 nitrogen and oxygen atoms in total. The molecule has 1 radical (unpaired) electrons. The number of likely N-dealkylation sites (N-methyl/N-ethyl adjacent to an activating group) is 1. The van der Waals surface area contributed by atoms with Crippen LogP contribution in [-0.4, -0.2) is 49.6 Å². The summed E-state index contributed by atoms with van der Waals surface area (Å²) >= 11 is 0. The first-order chi connectivity index (χ1) is 5.09. The monoisotopic (exact) mass is 155 g/mol. The first-order valence-corrected chi connectivity index (χ1v) is 4.27. The standard InChI is InChI=1S/C9H19N2/c1-8(2)5-11-6-9(7-11)10(3)4/h9H,5-7H2,1-4H3. The van der Waals surface area contributed by atoms with E-state index >= 15 is 0 Å². The Kier molecular flexibility index (Phi) is 2.90. The summed E-state index contributed by atoms with van der Waals surface area (Å²) in [5.74, 6) is 1.52. The fourth-order valence-electron chi connectivity index (χ4n) is 1.45. The third kappa shape index (κ3) is 2.46. The lowest BCUT2D eigenvalue weighted by molar-refractivity contribution is 0.0680. The van der Waals surface area contributed by atoms with Crippen molar-refractivity contribution in [3.05, 3.63) is 5.92 Å². The van der Waals surface area contributed by atoms with Gasteiger partial charge in [-0.2, -0.15) is 0 Å². The van der Waals surface area contributed by atoms with Crippen LogP contribution in [0.3, 0.4) is 0 Å². The molecule has 0 aromatic heterocycles. The summed E-state index contributed by atoms with van der Waals surface area (Å²) in [5, 5.41) is 0. The Morgan fingerprint density at radius 3 is 2.27 bits per heavy atom. The Morgan fingerprint density at radius 2 is 1.91 bits per heavy atom. The van der Waals surface area contributed by atoms with Crippen molar-refractivity contribution >= 4 is 0 Å². The van der Waals surface area contributed by atoms with Gasteiger partial charge in [0.25, 0.3) is 0 Å². The van der Waals surface area contributed by atoms with Gasteiger partial charge in [-0.05, 0) is 20.0 Å². The molecule has 2 heteroatoms. The zero-order chi connectivity index (χ0) is 8.43. The molecule has 0 amide bonds. The Bertz CT molecular complexity index is 115. The molecule has 0 atom stereocenters. The van der Waals surface area contributed by atoms with Crippen molar-refractivity contribution in [1.82, 2.24) is 9.80 Å². The summed E-state index contributed by atoms with van der Waals surface area (Å²) in [4.78, 5) is 4.79. The Hall–Kier alpha value is -0.0800. The Balaban J connectivity index is 2.09. The lowest BCUT2D eigenvalue weighted by Crippen LogP contribution is -2.57. The van der Waals surface area contributed by atoms with Gasteiger partial charge in [0.05, 0.1) is 0 Å². The van der Waals surface area contributed by atoms with E-state index in [1.54, 1.807) is 0 Å². The summed E-state index contributed by atoms with van der Waals surface area (Å²) < 4.78 is 0. The minimum atomic E-state index is 0.800. The maximum Gasteiger partial charge on any atom is 0.0344 e. The van der Waals surface area contributed by atoms with Gasteiger partial charge in [-0.1, -0.05) is 13.8 Å².